The summed E-state index contributed by atoms with van der Waals surface area (Å²) >= 11 is 0. The molecule has 25 rings (SSSR count). The van der Waals surface area contributed by atoms with Gasteiger partial charge in [0.25, 0.3) is 35.4 Å². The maximum atomic E-state index is 15.5. The van der Waals surface area contributed by atoms with Crippen LogP contribution < -0.4 is 54.3 Å². The Morgan fingerprint density at radius 3 is 1.33 bits per heavy atom. The van der Waals surface area contributed by atoms with Gasteiger partial charge in [-0.05, 0) is 140 Å². The van der Waals surface area contributed by atoms with E-state index in [0.29, 0.717) is 103 Å². The van der Waals surface area contributed by atoms with Gasteiger partial charge in [-0.2, -0.15) is 4.39 Å². The van der Waals surface area contributed by atoms with Crippen LogP contribution in [0.3, 0.4) is 0 Å². The molecule has 1 saturated carbocycles. The Bertz CT molecular complexity index is 7460. The second kappa shape index (κ2) is 41.2. The minimum atomic E-state index is -3.19. The summed E-state index contributed by atoms with van der Waals surface area (Å²) in [5.74, 6) is -6.03. The highest BCUT2D eigenvalue weighted by molar-refractivity contribution is 7.90. The number of amides is 7. The van der Waals surface area contributed by atoms with Gasteiger partial charge in [-0.15, -0.1) is 20.0 Å². The number of nitrogens with one attached hydrogen (secondary N) is 5. The lowest BCUT2D eigenvalue weighted by atomic mass is 9.90. The van der Waals surface area contributed by atoms with E-state index in [2.05, 4.69) is 96.6 Å². The van der Waals surface area contributed by atoms with Gasteiger partial charge in [0.2, 0.25) is 21.7 Å². The average Bonchev–Trinajstić information content (AvgIpc) is 1.67. The third-order valence-electron chi connectivity index (χ3n) is 27.6. The number of hydrogen-bond donors (Lipinski definition) is 9. The van der Waals surface area contributed by atoms with Crippen LogP contribution in [0.5, 0.6) is 0 Å². The van der Waals surface area contributed by atoms with Crippen molar-refractivity contribution in [2.45, 2.75) is 92.7 Å². The molecular formula is C98H99F5N31O10S+. The van der Waals surface area contributed by atoms with Crippen molar-refractivity contribution >= 4 is 109 Å². The normalized spacial score (nSPS) is 19.4. The third kappa shape index (κ3) is 20.4. The first-order valence-electron chi connectivity index (χ1n) is 47.3. The van der Waals surface area contributed by atoms with E-state index in [4.69, 9.17) is 27.7 Å². The van der Waals surface area contributed by atoms with Crippen molar-refractivity contribution in [3.8, 4) is 33.4 Å². The number of aromatic nitrogens is 15. The molecule has 10 fully saturated rings. The Balaban J connectivity index is 0.000000118. The molecule has 7 amide bonds. The first-order chi connectivity index (χ1) is 70.2. The number of pyridine rings is 4. The molecule has 13 N–H and O–H groups in total. The van der Waals surface area contributed by atoms with E-state index >= 15 is 4.39 Å². The molecule has 145 heavy (non-hydrogen) atoms. The molecule has 11 aliphatic rings. The van der Waals surface area contributed by atoms with Gasteiger partial charge < -0.3 is 73.4 Å². The molecule has 9 saturated heterocycles. The number of nitrogens with two attached hydrogens (primary N) is 4. The molecule has 4 bridgehead atoms. The van der Waals surface area contributed by atoms with E-state index in [1.807, 2.05) is 57.2 Å². The molecule has 21 heterocycles. The molecule has 0 spiro atoms. The average molecular weight is 2000 g/mol. The van der Waals surface area contributed by atoms with Crippen molar-refractivity contribution < 1.29 is 73.3 Å². The van der Waals surface area contributed by atoms with Gasteiger partial charge >= 0.3 is 5.82 Å². The highest BCUT2D eigenvalue weighted by Crippen LogP contribution is 2.41. The molecule has 11 aromatic heterocycles. The molecule has 2 atom stereocenters. The van der Waals surface area contributed by atoms with Crippen molar-refractivity contribution in [3.63, 3.8) is 0 Å². The summed E-state index contributed by atoms with van der Waals surface area (Å²) in [7, 11) is -3.19. The van der Waals surface area contributed by atoms with E-state index in [1.54, 1.807) is 71.6 Å². The second-order valence-corrected chi connectivity index (χ2v) is 38.8. The number of benzene rings is 3. The van der Waals surface area contributed by atoms with Gasteiger partial charge in [-0.25, -0.2) is 64.2 Å². The van der Waals surface area contributed by atoms with Crippen LogP contribution in [0.2, 0.25) is 0 Å². The Morgan fingerprint density at radius 2 is 0.862 bits per heavy atom. The Kier molecular flexibility index (Phi) is 27.4. The van der Waals surface area contributed by atoms with Crippen LogP contribution in [0.15, 0.2) is 190 Å². The van der Waals surface area contributed by atoms with Crippen LogP contribution in [0.1, 0.15) is 137 Å². The number of piperidine rings is 3. The predicted molar refractivity (Wildman–Crippen MR) is 521 cm³/mol. The lowest BCUT2D eigenvalue weighted by Crippen LogP contribution is -2.57. The quantitative estimate of drug-likeness (QED) is 0.0295. The standard InChI is InChI=1S/C26H26F2N8O2.C26H25FN8O3.C26H25FN8O2.C20H22FN7O3S/c27-16-12-31-24-22(23(29)33-36(24)14-16)25(37)32-21-13-30-6-3-19(21)18-2-1-15(11-20(18)28)26(38)35-10-9-34-7-4-17(35)5-8-34;27-18-11-30-24-22(23(28)32-35(24)13-18)25(36)31-21-12-29-6-5-20(21)16-1-3-17(4-2-16)26(37)34-9-7-33(8-10-34)19-14-38-15-19;27-18-13-30-24-22(23(28)32-35(24)15-18)25(36)31-21-14-29-8-5-20(21)16-1-3-17(4-2-16)26(37)34-12-11-33-9-6-19(34)7-10-33;21-13-9-24-19-17(18(22)26-28(19)11-13)20(29)25-16-10-23-6-3-15(16)12-4-7-27(8-5-12)32(30,31)14-1-2-14/h1-3,6,11-14,17,22-23,33H,4-5,7-10,29H2;1-6,11-13,19H,7-10,14-15H2,(H2,28,32)(H,31,36);1-5,8,13-15,19H,6-7,9-12H2,(H2,28,32)(H,31,36);3,6,9-12,14H,1-2,4-5,7-8H2,(H2,22,26)(H,25,29)/p+1. The SMILES string of the molecule is NC1N[n+]2cc(F)cnc2C1C(=O)Nc1cnccc1-c1ccc(C(=O)N2CCN3CCC2CC3)cc1F.Nc1nn2cc(F)cnc2c1C(=O)Nc1cnccc1-c1ccc(C(=O)N2CCN(C3COC3)CC2)cc1.Nc1nn2cc(F)cnc2c1C(=O)Nc1cnccc1-c1ccc(C(=O)N2CCN3CCC2CC3)cc1.Nc1nn2cc(F)cnc2c1C(=O)Nc1cnccc1C1CCN(S(=O)(=O)C2CC2)CC1. The number of carbonyl (C=O) groups is 7. The molecule has 2 unspecified atom stereocenters. The number of nitrogens with zero attached hydrogens (tertiary/aromatic N) is 22. The zero-order valence-corrected chi connectivity index (χ0v) is 78.8. The van der Waals surface area contributed by atoms with Crippen molar-refractivity contribution in [1.82, 2.24) is 102 Å². The van der Waals surface area contributed by atoms with Crippen LogP contribution in [0.4, 0.5) is 62.2 Å². The second-order valence-electron chi connectivity index (χ2n) is 36.5. The maximum Gasteiger partial charge on any atom is 0.337 e. The van der Waals surface area contributed by atoms with E-state index in [1.165, 1.54) is 35.5 Å². The van der Waals surface area contributed by atoms with Crippen molar-refractivity contribution in [3.05, 3.63) is 264 Å². The topological polar surface area (TPSA) is 509 Å². The van der Waals surface area contributed by atoms with Crippen LogP contribution in [0.25, 0.3) is 50.3 Å². The molecule has 3 aromatic carbocycles. The fourth-order valence-corrected chi connectivity index (χ4v) is 21.6. The molecule has 1 aliphatic carbocycles. The molecule has 14 aromatic rings. The number of nitrogen functional groups attached to an aromatic ring is 3. The summed E-state index contributed by atoms with van der Waals surface area (Å²) < 4.78 is 106. The summed E-state index contributed by atoms with van der Waals surface area (Å²) in [5, 5.41) is 22.9. The Hall–Kier alpha value is -16.0. The monoisotopic (exact) mass is 2000 g/mol. The molecule has 10 aliphatic heterocycles. The molecule has 746 valence electrons. The minimum Gasteiger partial charge on any atom is -0.381 e. The van der Waals surface area contributed by atoms with E-state index in [9.17, 15) is 59.5 Å². The van der Waals surface area contributed by atoms with Gasteiger partial charge in [0, 0.05) is 167 Å². The summed E-state index contributed by atoms with van der Waals surface area (Å²) in [6.45, 7) is 12.7. The van der Waals surface area contributed by atoms with Crippen LogP contribution in [0, 0.1) is 29.1 Å². The highest BCUT2D eigenvalue weighted by Gasteiger charge is 2.46. The summed E-state index contributed by atoms with van der Waals surface area (Å²) in [6.07, 6.45) is 26.7. The number of ether oxygens (including phenoxy) is 1. The summed E-state index contributed by atoms with van der Waals surface area (Å²) in [5.41, 5.74) is 34.9. The van der Waals surface area contributed by atoms with Crippen molar-refractivity contribution in [1.29, 1.82) is 0 Å². The van der Waals surface area contributed by atoms with E-state index in [-0.39, 0.29) is 103 Å². The zero-order chi connectivity index (χ0) is 101. The molecule has 0 radical (unpaired) electrons. The Morgan fingerprint density at radius 1 is 0.428 bits per heavy atom. The lowest BCUT2D eigenvalue weighted by Gasteiger charge is -2.42. The molecule has 41 nitrogen and oxygen atoms in total. The maximum absolute atomic E-state index is 15.5. The van der Waals surface area contributed by atoms with Crippen LogP contribution >= 0.6 is 0 Å². The number of anilines is 7. The minimum absolute atomic E-state index is 0.00295. The van der Waals surface area contributed by atoms with Crippen molar-refractivity contribution in [2.75, 3.05) is 149 Å². The lowest BCUT2D eigenvalue weighted by molar-refractivity contribution is -0.653. The number of carbonyl (C=O) groups excluding carboxylic acids is 7. The van der Waals surface area contributed by atoms with Gasteiger partial charge in [-0.3, -0.25) is 58.4 Å². The van der Waals surface area contributed by atoms with Crippen LogP contribution in [-0.2, 0) is 19.6 Å². The zero-order valence-electron chi connectivity index (χ0n) is 77.9. The number of piperazine rings is 1. The van der Waals surface area contributed by atoms with Gasteiger partial charge in [0.15, 0.2) is 70.2 Å². The van der Waals surface area contributed by atoms with Gasteiger partial charge in [0.1, 0.15) is 28.7 Å². The third-order valence-corrected chi connectivity index (χ3v) is 30.0. The predicted octanol–water partition coefficient (Wildman–Crippen LogP) is 7.57. The number of rotatable bonds is 18. The Labute approximate surface area is 824 Å². The summed E-state index contributed by atoms with van der Waals surface area (Å²) in [4.78, 5) is 137. The summed E-state index contributed by atoms with van der Waals surface area (Å²) in [6, 6.07) is 27.0. The highest BCUT2D eigenvalue weighted by atomic mass is 32.2. The molecular weight excluding hydrogens is 1900 g/mol. The number of hydrogen-bond acceptors (Lipinski definition) is 29. The van der Waals surface area contributed by atoms with Gasteiger partial charge in [-0.1, -0.05) is 30.3 Å². The van der Waals surface area contributed by atoms with Crippen LogP contribution in [-0.4, -0.2) is 287 Å². The largest absolute Gasteiger partial charge is 0.381 e. The first-order valence-corrected chi connectivity index (χ1v) is 48.8. The van der Waals surface area contributed by atoms with Gasteiger partial charge in [0.05, 0.1) is 109 Å². The number of halogens is 5. The fraction of sp³-hybridized carbons (Fsp3) is 0.316. The smallest absolute Gasteiger partial charge is 0.337 e. The number of fused-ring (bicyclic) bond motifs is 12. The fourth-order valence-electron chi connectivity index (χ4n) is 19.7. The number of sulfonamides is 1. The van der Waals surface area contributed by atoms with E-state index in [0.717, 1.165) is 196 Å². The van der Waals surface area contributed by atoms with E-state index < -0.39 is 74.8 Å². The van der Waals surface area contributed by atoms with Crippen molar-refractivity contribution in [2.24, 2.45) is 5.73 Å². The molecule has 47 heteroatoms. The first kappa shape index (κ1) is 96.5.